The molecule has 2 aromatic heterocycles. The van der Waals surface area contributed by atoms with Gasteiger partial charge in [0.15, 0.2) is 0 Å². The van der Waals surface area contributed by atoms with E-state index in [0.717, 1.165) is 11.1 Å². The van der Waals surface area contributed by atoms with Gasteiger partial charge >= 0.3 is 17.9 Å². The van der Waals surface area contributed by atoms with E-state index in [2.05, 4.69) is 15.0 Å². The number of ether oxygens (including phenoxy) is 3. The number of pyridine rings is 1. The van der Waals surface area contributed by atoms with Gasteiger partial charge in [-0.1, -0.05) is 30.3 Å². The lowest BCUT2D eigenvalue weighted by Gasteiger charge is -2.30. The minimum Gasteiger partial charge on any atom is -0.468 e. The number of methoxy groups -OCH3 is 1. The molecule has 3 heterocycles. The average molecular weight is 543 g/mol. The molecule has 1 aliphatic heterocycles. The Morgan fingerprint density at radius 1 is 1.00 bits per heavy atom. The van der Waals surface area contributed by atoms with E-state index in [1.165, 1.54) is 13.2 Å². The lowest BCUT2D eigenvalue weighted by atomic mass is 9.77. The number of nitrogens with zero attached hydrogens (tertiary/aromatic N) is 4. The maximum absolute atomic E-state index is 13.1. The van der Waals surface area contributed by atoms with Crippen molar-refractivity contribution in [1.82, 2.24) is 14.5 Å². The monoisotopic (exact) mass is 542 g/mol. The molecule has 2 unspecified atom stereocenters. The molecule has 206 valence electrons. The molecule has 1 aromatic carbocycles. The average Bonchev–Trinajstić information content (AvgIpc) is 3.47. The van der Waals surface area contributed by atoms with Crippen molar-refractivity contribution in [2.45, 2.75) is 26.3 Å². The number of allylic oxidation sites excluding steroid dienone is 1. The van der Waals surface area contributed by atoms with E-state index in [1.54, 1.807) is 56.8 Å². The molecule has 10 nitrogen and oxygen atoms in total. The second-order valence-corrected chi connectivity index (χ2v) is 9.10. The second-order valence-electron chi connectivity index (χ2n) is 9.10. The van der Waals surface area contributed by atoms with Crippen molar-refractivity contribution < 1.29 is 28.6 Å². The van der Waals surface area contributed by atoms with Gasteiger partial charge in [-0.25, -0.2) is 14.6 Å². The summed E-state index contributed by atoms with van der Waals surface area (Å²) in [7, 11) is 1.29. The molecule has 0 saturated heterocycles. The van der Waals surface area contributed by atoms with Gasteiger partial charge in [-0.15, -0.1) is 0 Å². The molecule has 40 heavy (non-hydrogen) atoms. The summed E-state index contributed by atoms with van der Waals surface area (Å²) in [5.74, 6) is -3.31. The fourth-order valence-electron chi connectivity index (χ4n) is 4.51. The highest BCUT2D eigenvalue weighted by Gasteiger charge is 2.42. The number of carbonyl (C=O) groups is 3. The molecule has 0 spiro atoms. The Kier molecular flexibility index (Phi) is 9.35. The van der Waals surface area contributed by atoms with Crippen LogP contribution >= 0.6 is 0 Å². The van der Waals surface area contributed by atoms with Gasteiger partial charge in [0, 0.05) is 48.3 Å². The van der Waals surface area contributed by atoms with Gasteiger partial charge < -0.3 is 18.8 Å². The van der Waals surface area contributed by atoms with E-state index in [4.69, 9.17) is 14.2 Å². The SMILES string of the molecule is COC(=O)C1C(C)=NC(C)=C(C(=O)OCCOC(=O)C=Cc2ccc(Cn3ccnc3)cc2)C1c1ccccn1. The van der Waals surface area contributed by atoms with Crippen LogP contribution in [0, 0.1) is 5.92 Å². The topological polar surface area (TPSA) is 122 Å². The third kappa shape index (κ3) is 6.96. The Hall–Kier alpha value is -4.86. The maximum atomic E-state index is 13.1. The summed E-state index contributed by atoms with van der Waals surface area (Å²) in [5, 5.41) is 0. The number of hydrogen-bond acceptors (Lipinski definition) is 9. The van der Waals surface area contributed by atoms with E-state index in [1.807, 2.05) is 35.0 Å². The van der Waals surface area contributed by atoms with Crippen LogP contribution in [-0.2, 0) is 35.1 Å². The highest BCUT2D eigenvalue weighted by atomic mass is 16.6. The van der Waals surface area contributed by atoms with Gasteiger partial charge in [-0.05, 0) is 43.2 Å². The van der Waals surface area contributed by atoms with Crippen molar-refractivity contribution in [1.29, 1.82) is 0 Å². The normalized spacial score (nSPS) is 16.9. The largest absolute Gasteiger partial charge is 0.468 e. The summed E-state index contributed by atoms with van der Waals surface area (Å²) in [5.41, 5.74) is 3.62. The molecule has 0 N–H and O–H groups in total. The van der Waals surface area contributed by atoms with Gasteiger partial charge in [0.1, 0.15) is 19.1 Å². The number of aliphatic imine (C=N–C) groups is 1. The first kappa shape index (κ1) is 28.2. The molecule has 0 fully saturated rings. The first-order valence-electron chi connectivity index (χ1n) is 12.7. The van der Waals surface area contributed by atoms with Crippen LogP contribution in [0.5, 0.6) is 0 Å². The summed E-state index contributed by atoms with van der Waals surface area (Å²) in [6, 6.07) is 13.0. The molecule has 10 heteroatoms. The molecule has 0 radical (unpaired) electrons. The van der Waals surface area contributed by atoms with Crippen LogP contribution in [0.15, 0.2) is 89.7 Å². The third-order valence-electron chi connectivity index (χ3n) is 6.39. The Bertz CT molecular complexity index is 1430. The van der Waals surface area contributed by atoms with Crippen LogP contribution in [0.3, 0.4) is 0 Å². The second kappa shape index (κ2) is 13.3. The molecule has 1 aliphatic rings. The first-order chi connectivity index (χ1) is 19.4. The summed E-state index contributed by atoms with van der Waals surface area (Å²) >= 11 is 0. The van der Waals surface area contributed by atoms with Crippen molar-refractivity contribution in [3.63, 3.8) is 0 Å². The predicted octanol–water partition coefficient (Wildman–Crippen LogP) is 3.75. The van der Waals surface area contributed by atoms with E-state index in [-0.39, 0.29) is 18.8 Å². The van der Waals surface area contributed by atoms with E-state index >= 15 is 0 Å². The number of rotatable bonds is 10. The van der Waals surface area contributed by atoms with Crippen LogP contribution in [0.25, 0.3) is 6.08 Å². The summed E-state index contributed by atoms with van der Waals surface area (Å²) in [4.78, 5) is 50.8. The number of esters is 3. The van der Waals surface area contributed by atoms with Gasteiger partial charge in [0.25, 0.3) is 0 Å². The third-order valence-corrected chi connectivity index (χ3v) is 6.39. The van der Waals surface area contributed by atoms with Crippen LogP contribution < -0.4 is 0 Å². The molecule has 2 atom stereocenters. The summed E-state index contributed by atoms with van der Waals surface area (Å²) in [6.45, 7) is 3.80. The molecular formula is C30H30N4O6. The molecule has 3 aromatic rings. The maximum Gasteiger partial charge on any atom is 0.336 e. The fraction of sp³-hybridized carbons (Fsp3) is 0.267. The molecule has 0 amide bonds. The Morgan fingerprint density at radius 3 is 2.45 bits per heavy atom. The van der Waals surface area contributed by atoms with Crippen molar-refractivity contribution in [3.05, 3.63) is 102 Å². The lowest BCUT2D eigenvalue weighted by Crippen LogP contribution is -2.36. The number of hydrogen-bond donors (Lipinski definition) is 0. The zero-order valence-electron chi connectivity index (χ0n) is 22.5. The van der Waals surface area contributed by atoms with Crippen LogP contribution in [-0.4, -0.2) is 58.5 Å². The minimum atomic E-state index is -0.825. The molecular weight excluding hydrogens is 512 g/mol. The standard InChI is InChI=1S/C30H30N4O6/c1-20-26(29(36)38-3)28(24-6-4-5-13-32-24)27(21(2)33-20)30(37)40-17-16-39-25(35)12-11-22-7-9-23(10-8-22)18-34-15-14-31-19-34/h4-15,19,26,28H,16-18H2,1-3H3. The molecule has 4 rings (SSSR count). The van der Waals surface area contributed by atoms with Crippen molar-refractivity contribution in [3.8, 4) is 0 Å². The first-order valence-corrected chi connectivity index (χ1v) is 12.7. The number of aromatic nitrogens is 3. The number of benzene rings is 1. The quantitative estimate of drug-likeness (QED) is 0.164. The van der Waals surface area contributed by atoms with E-state index in [9.17, 15) is 14.4 Å². The molecule has 0 bridgehead atoms. The Morgan fingerprint density at radius 2 is 1.77 bits per heavy atom. The predicted molar refractivity (Wildman–Crippen MR) is 147 cm³/mol. The Balaban J connectivity index is 1.32. The zero-order valence-corrected chi connectivity index (χ0v) is 22.5. The molecule has 0 aliphatic carbocycles. The van der Waals surface area contributed by atoms with Gasteiger partial charge in [-0.3, -0.25) is 14.8 Å². The highest BCUT2D eigenvalue weighted by Crippen LogP contribution is 2.39. The van der Waals surface area contributed by atoms with Crippen molar-refractivity contribution in [2.24, 2.45) is 10.9 Å². The van der Waals surface area contributed by atoms with Crippen LogP contribution in [0.1, 0.15) is 36.6 Å². The van der Waals surface area contributed by atoms with Gasteiger partial charge in [0.05, 0.1) is 24.9 Å². The van der Waals surface area contributed by atoms with Gasteiger partial charge in [0.2, 0.25) is 0 Å². The smallest absolute Gasteiger partial charge is 0.336 e. The Labute approximate surface area is 232 Å². The zero-order chi connectivity index (χ0) is 28.5. The minimum absolute atomic E-state index is 0.137. The highest BCUT2D eigenvalue weighted by molar-refractivity contribution is 6.06. The number of carbonyl (C=O) groups excluding carboxylic acids is 3. The van der Waals surface area contributed by atoms with Crippen molar-refractivity contribution in [2.75, 3.05) is 20.3 Å². The number of imidazole rings is 1. The summed E-state index contributed by atoms with van der Waals surface area (Å²) in [6.07, 6.45) is 9.92. The van der Waals surface area contributed by atoms with E-state index in [0.29, 0.717) is 23.6 Å². The van der Waals surface area contributed by atoms with E-state index < -0.39 is 29.7 Å². The van der Waals surface area contributed by atoms with Crippen LogP contribution in [0.4, 0.5) is 0 Å². The molecule has 0 saturated carbocycles. The summed E-state index contributed by atoms with van der Waals surface area (Å²) < 4.78 is 17.6. The van der Waals surface area contributed by atoms with Crippen molar-refractivity contribution >= 4 is 29.7 Å². The van der Waals surface area contributed by atoms with Gasteiger partial charge in [-0.2, -0.15) is 0 Å². The fourth-order valence-corrected chi connectivity index (χ4v) is 4.51. The van der Waals surface area contributed by atoms with Crippen LogP contribution in [0.2, 0.25) is 0 Å². The lowest BCUT2D eigenvalue weighted by molar-refractivity contribution is -0.147.